The van der Waals surface area contributed by atoms with Crippen LogP contribution in [-0.2, 0) is 16.0 Å². The predicted molar refractivity (Wildman–Crippen MR) is 102 cm³/mol. The number of nitrogens with one attached hydrogen (secondary N) is 1. The fourth-order valence-corrected chi connectivity index (χ4v) is 2.51. The highest BCUT2D eigenvalue weighted by molar-refractivity contribution is 5.97. The summed E-state index contributed by atoms with van der Waals surface area (Å²) in [5.74, 6) is -0.321. The highest BCUT2D eigenvalue weighted by Gasteiger charge is 2.15. The average molecular weight is 339 g/mol. The number of amides is 2. The molecular formula is C20H25N3O2. The number of hydrogen-bond acceptors (Lipinski definition) is 3. The second-order valence-corrected chi connectivity index (χ2v) is 6.10. The van der Waals surface area contributed by atoms with Crippen LogP contribution in [0.4, 0.5) is 11.4 Å². The molecule has 0 radical (unpaired) electrons. The number of nitrogens with zero attached hydrogens (tertiary/aromatic N) is 2. The molecule has 0 aromatic heterocycles. The Balaban J connectivity index is 1.91. The van der Waals surface area contributed by atoms with Gasteiger partial charge in [0.1, 0.15) is 6.54 Å². The predicted octanol–water partition coefficient (Wildman–Crippen LogP) is 2.46. The molecule has 5 nitrogen and oxygen atoms in total. The lowest BCUT2D eigenvalue weighted by atomic mass is 10.1. The maximum absolute atomic E-state index is 12.2. The fourth-order valence-electron chi connectivity index (χ4n) is 2.51. The van der Waals surface area contributed by atoms with Gasteiger partial charge in [0.15, 0.2) is 0 Å². The average Bonchev–Trinajstić information content (AvgIpc) is 2.60. The van der Waals surface area contributed by atoms with Gasteiger partial charge in [0.2, 0.25) is 11.8 Å². The van der Waals surface area contributed by atoms with Crippen molar-refractivity contribution in [3.8, 4) is 0 Å². The molecule has 0 saturated carbocycles. The van der Waals surface area contributed by atoms with Gasteiger partial charge in [-0.1, -0.05) is 30.3 Å². The third-order valence-electron chi connectivity index (χ3n) is 3.94. The molecule has 1 N–H and O–H groups in total. The van der Waals surface area contributed by atoms with Gasteiger partial charge in [-0.15, -0.1) is 0 Å². The van der Waals surface area contributed by atoms with Crippen molar-refractivity contribution in [2.45, 2.75) is 13.3 Å². The van der Waals surface area contributed by atoms with Crippen molar-refractivity contribution in [3.63, 3.8) is 0 Å². The number of carbonyl (C=O) groups is 2. The fraction of sp³-hybridized carbons (Fsp3) is 0.300. The highest BCUT2D eigenvalue weighted by atomic mass is 16.2. The first-order valence-electron chi connectivity index (χ1n) is 8.33. The summed E-state index contributed by atoms with van der Waals surface area (Å²) in [6.45, 7) is 2.04. The molecule has 132 valence electrons. The largest absolute Gasteiger partial charge is 0.378 e. The lowest BCUT2D eigenvalue weighted by Crippen LogP contribution is -2.40. The summed E-state index contributed by atoms with van der Waals surface area (Å²) in [6, 6.07) is 17.5. The second-order valence-electron chi connectivity index (χ2n) is 6.10. The molecule has 25 heavy (non-hydrogen) atoms. The molecule has 2 aromatic rings. The van der Waals surface area contributed by atoms with Crippen LogP contribution in [0, 0.1) is 0 Å². The number of hydrogen-bond donors (Lipinski definition) is 1. The Morgan fingerprint density at radius 1 is 0.920 bits per heavy atom. The van der Waals surface area contributed by atoms with Crippen LogP contribution < -0.4 is 15.1 Å². The standard InChI is InChI=1S/C20H25N3O2/c1-16(24)23(19-11-9-18(10-12-19)22(2)3)15-20(25)21-14-13-17-7-5-4-6-8-17/h4-12H,13-15H2,1-3H3,(H,21,25). The van der Waals surface area contributed by atoms with E-state index in [-0.39, 0.29) is 18.4 Å². The minimum Gasteiger partial charge on any atom is -0.378 e. The number of rotatable bonds is 7. The van der Waals surface area contributed by atoms with E-state index in [4.69, 9.17) is 0 Å². The van der Waals surface area contributed by atoms with Gasteiger partial charge in [-0.05, 0) is 36.2 Å². The van der Waals surface area contributed by atoms with Crippen LogP contribution in [0.15, 0.2) is 54.6 Å². The SMILES string of the molecule is CC(=O)N(CC(=O)NCCc1ccccc1)c1ccc(N(C)C)cc1. The smallest absolute Gasteiger partial charge is 0.240 e. The Morgan fingerprint density at radius 2 is 1.52 bits per heavy atom. The van der Waals surface area contributed by atoms with Crippen LogP contribution in [0.25, 0.3) is 0 Å². The Labute approximate surface area is 149 Å². The van der Waals surface area contributed by atoms with Crippen molar-refractivity contribution < 1.29 is 9.59 Å². The summed E-state index contributed by atoms with van der Waals surface area (Å²) in [6.07, 6.45) is 0.768. The van der Waals surface area contributed by atoms with E-state index in [1.807, 2.05) is 73.6 Å². The lowest BCUT2D eigenvalue weighted by Gasteiger charge is -2.22. The summed E-state index contributed by atoms with van der Waals surface area (Å²) in [5.41, 5.74) is 2.93. The van der Waals surface area contributed by atoms with Crippen molar-refractivity contribution in [2.75, 3.05) is 37.0 Å². The monoisotopic (exact) mass is 339 g/mol. The Kier molecular flexibility index (Phi) is 6.57. The minimum atomic E-state index is -0.164. The van der Waals surface area contributed by atoms with Crippen molar-refractivity contribution in [2.24, 2.45) is 0 Å². The van der Waals surface area contributed by atoms with Crippen molar-refractivity contribution in [3.05, 3.63) is 60.2 Å². The van der Waals surface area contributed by atoms with Crippen LogP contribution in [0.2, 0.25) is 0 Å². The Bertz CT molecular complexity index is 697. The number of anilines is 2. The molecule has 2 amide bonds. The summed E-state index contributed by atoms with van der Waals surface area (Å²) < 4.78 is 0. The molecule has 0 aliphatic heterocycles. The lowest BCUT2D eigenvalue weighted by molar-refractivity contribution is -0.123. The Hall–Kier alpha value is -2.82. The first kappa shape index (κ1) is 18.5. The van der Waals surface area contributed by atoms with Gasteiger partial charge in [-0.2, -0.15) is 0 Å². The van der Waals surface area contributed by atoms with Gasteiger partial charge in [0.05, 0.1) is 0 Å². The van der Waals surface area contributed by atoms with Crippen molar-refractivity contribution in [1.82, 2.24) is 5.32 Å². The van der Waals surface area contributed by atoms with E-state index in [2.05, 4.69) is 5.32 Å². The number of benzene rings is 2. The molecule has 0 spiro atoms. The van der Waals surface area contributed by atoms with E-state index in [0.29, 0.717) is 6.54 Å². The molecule has 0 heterocycles. The summed E-state index contributed by atoms with van der Waals surface area (Å²) in [7, 11) is 3.91. The topological polar surface area (TPSA) is 52.7 Å². The van der Waals surface area contributed by atoms with Gasteiger partial charge in [0.25, 0.3) is 0 Å². The third kappa shape index (κ3) is 5.64. The zero-order valence-corrected chi connectivity index (χ0v) is 15.0. The summed E-state index contributed by atoms with van der Waals surface area (Å²) >= 11 is 0. The first-order chi connectivity index (χ1) is 12.0. The van der Waals surface area contributed by atoms with Gasteiger partial charge < -0.3 is 15.1 Å². The first-order valence-corrected chi connectivity index (χ1v) is 8.33. The second kappa shape index (κ2) is 8.87. The summed E-state index contributed by atoms with van der Waals surface area (Å²) in [5, 5.41) is 2.87. The van der Waals surface area contributed by atoms with E-state index in [1.54, 1.807) is 0 Å². The minimum absolute atomic E-state index is 0.0193. The highest BCUT2D eigenvalue weighted by Crippen LogP contribution is 2.19. The molecule has 0 bridgehead atoms. The van der Waals surface area contributed by atoms with Crippen LogP contribution in [-0.4, -0.2) is 39.0 Å². The van der Waals surface area contributed by atoms with Crippen LogP contribution in [0.5, 0.6) is 0 Å². The van der Waals surface area contributed by atoms with E-state index < -0.39 is 0 Å². The van der Waals surface area contributed by atoms with Crippen LogP contribution >= 0.6 is 0 Å². The van der Waals surface area contributed by atoms with E-state index in [1.165, 1.54) is 17.4 Å². The van der Waals surface area contributed by atoms with E-state index in [9.17, 15) is 9.59 Å². The normalized spacial score (nSPS) is 10.2. The van der Waals surface area contributed by atoms with Crippen LogP contribution in [0.3, 0.4) is 0 Å². The van der Waals surface area contributed by atoms with Crippen LogP contribution in [0.1, 0.15) is 12.5 Å². The molecule has 0 aliphatic rings. The maximum atomic E-state index is 12.2. The Morgan fingerprint density at radius 3 is 2.08 bits per heavy atom. The molecule has 0 saturated heterocycles. The van der Waals surface area contributed by atoms with Gasteiger partial charge in [-0.25, -0.2) is 0 Å². The van der Waals surface area contributed by atoms with E-state index in [0.717, 1.165) is 17.8 Å². The summed E-state index contributed by atoms with van der Waals surface area (Å²) in [4.78, 5) is 27.6. The van der Waals surface area contributed by atoms with Crippen molar-refractivity contribution >= 4 is 23.2 Å². The molecule has 0 atom stereocenters. The number of carbonyl (C=O) groups excluding carboxylic acids is 2. The zero-order valence-electron chi connectivity index (χ0n) is 15.0. The van der Waals surface area contributed by atoms with Crippen molar-refractivity contribution in [1.29, 1.82) is 0 Å². The quantitative estimate of drug-likeness (QED) is 0.843. The molecule has 0 aliphatic carbocycles. The van der Waals surface area contributed by atoms with Gasteiger partial charge in [-0.3, -0.25) is 9.59 Å². The zero-order chi connectivity index (χ0) is 18.2. The maximum Gasteiger partial charge on any atom is 0.240 e. The van der Waals surface area contributed by atoms with E-state index >= 15 is 0 Å². The van der Waals surface area contributed by atoms with Gasteiger partial charge in [0, 0.05) is 38.9 Å². The molecule has 0 unspecified atom stereocenters. The third-order valence-corrected chi connectivity index (χ3v) is 3.94. The molecule has 2 rings (SSSR count). The molecular weight excluding hydrogens is 314 g/mol. The molecule has 0 fully saturated rings. The molecule has 5 heteroatoms. The molecule has 2 aromatic carbocycles. The van der Waals surface area contributed by atoms with Gasteiger partial charge >= 0.3 is 0 Å².